The number of amides is 1. The summed E-state index contributed by atoms with van der Waals surface area (Å²) in [6.07, 6.45) is 1.87. The Morgan fingerprint density at radius 3 is 2.81 bits per heavy atom. The van der Waals surface area contributed by atoms with Gasteiger partial charge in [0.15, 0.2) is 5.82 Å². The topological polar surface area (TPSA) is 81.7 Å². The van der Waals surface area contributed by atoms with Crippen molar-refractivity contribution >= 4 is 28.3 Å². The maximum absolute atomic E-state index is 14.8. The number of benzene rings is 1. The lowest BCUT2D eigenvalue weighted by atomic mass is 10.00. The van der Waals surface area contributed by atoms with E-state index in [2.05, 4.69) is 10.0 Å². The minimum atomic E-state index is -1.88. The number of nitrogens with one attached hydrogen (secondary N) is 2. The van der Waals surface area contributed by atoms with Gasteiger partial charge in [-0.05, 0) is 24.6 Å². The fourth-order valence-electron chi connectivity index (χ4n) is 2.53. The highest BCUT2D eigenvalue weighted by Gasteiger charge is 2.33. The predicted octanol–water partition coefficient (Wildman–Crippen LogP) is 0.421. The first-order valence-corrected chi connectivity index (χ1v) is 7.54. The monoisotopic (exact) mass is 311 g/mol. The Morgan fingerprint density at radius 1 is 1.48 bits per heavy atom. The molecule has 0 bridgehead atoms. The van der Waals surface area contributed by atoms with E-state index in [9.17, 15) is 18.5 Å². The van der Waals surface area contributed by atoms with Crippen molar-refractivity contribution in [2.24, 2.45) is 0 Å². The van der Waals surface area contributed by atoms with Gasteiger partial charge in [0.05, 0.1) is 0 Å². The molecule has 1 fully saturated rings. The minimum absolute atomic E-state index is 0.0132. The second kappa shape index (κ2) is 5.12. The van der Waals surface area contributed by atoms with E-state index < -0.39 is 22.9 Å². The van der Waals surface area contributed by atoms with Crippen LogP contribution in [0, 0.1) is 5.82 Å². The lowest BCUT2D eigenvalue weighted by Gasteiger charge is -2.19. The molecule has 2 aliphatic rings. The number of hydrogen-bond acceptors (Lipinski definition) is 4. The van der Waals surface area contributed by atoms with E-state index in [4.69, 9.17) is 0 Å². The Balaban J connectivity index is 2.09. The van der Waals surface area contributed by atoms with Crippen LogP contribution in [0.2, 0.25) is 0 Å². The zero-order valence-corrected chi connectivity index (χ0v) is 12.0. The molecular formula is C13H14FN3O3S. The summed E-state index contributed by atoms with van der Waals surface area (Å²) in [5.41, 5.74) is 0.888. The van der Waals surface area contributed by atoms with E-state index in [0.29, 0.717) is 12.1 Å². The zero-order chi connectivity index (χ0) is 15.1. The van der Waals surface area contributed by atoms with Crippen LogP contribution in [0.25, 0.3) is 5.57 Å². The average molecular weight is 311 g/mol. The number of hydrogen-bond donors (Lipinski definition) is 3. The molecule has 0 radical (unpaired) electrons. The van der Waals surface area contributed by atoms with E-state index in [1.807, 2.05) is 13.0 Å². The fraction of sp³-hybridized carbons (Fsp3) is 0.308. The largest absolute Gasteiger partial charge is 0.506 e. The number of anilines is 1. The molecule has 2 aliphatic heterocycles. The van der Waals surface area contributed by atoms with Gasteiger partial charge >= 0.3 is 0 Å². The number of rotatable bonds is 2. The molecule has 1 aromatic rings. The maximum atomic E-state index is 14.8. The Bertz CT molecular complexity index is 677. The fourth-order valence-corrected chi connectivity index (χ4v) is 3.47. The molecule has 0 aliphatic carbocycles. The maximum Gasteiger partial charge on any atom is 0.253 e. The van der Waals surface area contributed by atoms with E-state index >= 15 is 0 Å². The molecule has 0 saturated carbocycles. The van der Waals surface area contributed by atoms with Crippen LogP contribution in [0.15, 0.2) is 18.2 Å². The molecule has 112 valence electrons. The van der Waals surface area contributed by atoms with Gasteiger partial charge in [0.2, 0.25) is 11.2 Å². The average Bonchev–Trinajstić information content (AvgIpc) is 2.97. The smallest absolute Gasteiger partial charge is 0.253 e. The van der Waals surface area contributed by atoms with Crippen molar-refractivity contribution in [3.8, 4) is 5.75 Å². The van der Waals surface area contributed by atoms with Crippen molar-refractivity contribution in [3.05, 3.63) is 29.6 Å². The highest BCUT2D eigenvalue weighted by molar-refractivity contribution is 7.85. The van der Waals surface area contributed by atoms with Gasteiger partial charge in [-0.1, -0.05) is 6.08 Å². The van der Waals surface area contributed by atoms with Gasteiger partial charge in [-0.3, -0.25) is 13.8 Å². The van der Waals surface area contributed by atoms with Crippen LogP contribution in [-0.4, -0.2) is 34.4 Å². The lowest BCUT2D eigenvalue weighted by molar-refractivity contribution is -0.117. The molecule has 8 heteroatoms. The third-order valence-corrected chi connectivity index (χ3v) is 4.67. The first kappa shape index (κ1) is 14.0. The Morgan fingerprint density at radius 2 is 2.24 bits per heavy atom. The first-order valence-electron chi connectivity index (χ1n) is 6.43. The Kier molecular flexibility index (Phi) is 3.42. The SMILES string of the molecule is CC1NCC=C1c1ccc(O)c(N2CC(=O)NS2=O)c1F. The van der Waals surface area contributed by atoms with Crippen LogP contribution in [0.3, 0.4) is 0 Å². The van der Waals surface area contributed by atoms with Crippen molar-refractivity contribution < 1.29 is 18.5 Å². The van der Waals surface area contributed by atoms with Crippen molar-refractivity contribution in [2.45, 2.75) is 13.0 Å². The molecule has 1 aromatic carbocycles. The highest BCUT2D eigenvalue weighted by atomic mass is 32.2. The molecule has 2 unspecified atom stereocenters. The first-order chi connectivity index (χ1) is 9.99. The molecule has 3 N–H and O–H groups in total. The van der Waals surface area contributed by atoms with Gasteiger partial charge in [-0.2, -0.15) is 0 Å². The molecule has 21 heavy (non-hydrogen) atoms. The number of phenols is 1. The number of carbonyl (C=O) groups is 1. The Hall–Kier alpha value is -1.93. The van der Waals surface area contributed by atoms with Crippen LogP contribution >= 0.6 is 0 Å². The summed E-state index contributed by atoms with van der Waals surface area (Å²) in [4.78, 5) is 11.3. The van der Waals surface area contributed by atoms with Gasteiger partial charge in [0.25, 0.3) is 5.91 Å². The van der Waals surface area contributed by atoms with Gasteiger partial charge in [-0.25, -0.2) is 8.60 Å². The van der Waals surface area contributed by atoms with Crippen LogP contribution in [0.5, 0.6) is 5.75 Å². The summed E-state index contributed by atoms with van der Waals surface area (Å²) < 4.78 is 29.7. The molecule has 6 nitrogen and oxygen atoms in total. The third kappa shape index (κ3) is 2.30. The Labute approximate surface area is 123 Å². The van der Waals surface area contributed by atoms with E-state index in [-0.39, 0.29) is 24.0 Å². The quantitative estimate of drug-likeness (QED) is 0.739. The summed E-state index contributed by atoms with van der Waals surface area (Å²) in [5, 5.41) is 13.1. The molecule has 2 atom stereocenters. The second-order valence-corrected chi connectivity index (χ2v) is 6.04. The van der Waals surface area contributed by atoms with Crippen LogP contribution in [0.1, 0.15) is 12.5 Å². The minimum Gasteiger partial charge on any atom is -0.506 e. The van der Waals surface area contributed by atoms with Crippen molar-refractivity contribution in [3.63, 3.8) is 0 Å². The van der Waals surface area contributed by atoms with Gasteiger partial charge in [0, 0.05) is 18.2 Å². The summed E-state index contributed by atoms with van der Waals surface area (Å²) in [6, 6.07) is 2.82. The van der Waals surface area contributed by atoms with Gasteiger partial charge in [-0.15, -0.1) is 0 Å². The van der Waals surface area contributed by atoms with E-state index in [1.165, 1.54) is 12.1 Å². The molecule has 1 amide bonds. The van der Waals surface area contributed by atoms with E-state index in [1.54, 1.807) is 0 Å². The van der Waals surface area contributed by atoms with Gasteiger partial charge < -0.3 is 10.4 Å². The summed E-state index contributed by atoms with van der Waals surface area (Å²) >= 11 is -1.88. The predicted molar refractivity (Wildman–Crippen MR) is 77.1 cm³/mol. The normalized spacial score (nSPS) is 25.1. The molecular weight excluding hydrogens is 297 g/mol. The van der Waals surface area contributed by atoms with Gasteiger partial charge in [0.1, 0.15) is 18.0 Å². The zero-order valence-electron chi connectivity index (χ0n) is 11.2. The van der Waals surface area contributed by atoms with Crippen LogP contribution < -0.4 is 14.3 Å². The number of nitrogens with zero attached hydrogens (tertiary/aromatic N) is 1. The third-order valence-electron chi connectivity index (χ3n) is 3.56. The van der Waals surface area contributed by atoms with Crippen molar-refractivity contribution in [1.82, 2.24) is 10.0 Å². The van der Waals surface area contributed by atoms with Crippen molar-refractivity contribution in [2.75, 3.05) is 17.4 Å². The summed E-state index contributed by atoms with van der Waals surface area (Å²) in [6.45, 7) is 2.29. The highest BCUT2D eigenvalue weighted by Crippen LogP contribution is 2.37. The summed E-state index contributed by atoms with van der Waals surface area (Å²) in [7, 11) is 0. The van der Waals surface area contributed by atoms with Crippen LogP contribution in [-0.2, 0) is 16.0 Å². The second-order valence-electron chi connectivity index (χ2n) is 4.90. The number of phenolic OH excluding ortho intramolecular Hbond substituents is 1. The summed E-state index contributed by atoms with van der Waals surface area (Å²) in [5.74, 6) is -1.50. The standard InChI is InChI=1S/C13H14FN3O3S/c1-7-8(4-5-15-7)9-2-3-10(18)13(12(9)14)17-6-11(19)16-21(17)20/h2-4,7,15,18H,5-6H2,1H3,(H,16,19). The van der Waals surface area contributed by atoms with Crippen LogP contribution in [0.4, 0.5) is 10.1 Å². The molecule has 0 spiro atoms. The molecule has 1 saturated heterocycles. The molecule has 2 heterocycles. The lowest BCUT2D eigenvalue weighted by Crippen LogP contribution is -2.24. The number of carbonyl (C=O) groups excluding carboxylic acids is 1. The van der Waals surface area contributed by atoms with Crippen molar-refractivity contribution in [1.29, 1.82) is 0 Å². The number of halogens is 1. The van der Waals surface area contributed by atoms with E-state index in [0.717, 1.165) is 9.88 Å². The number of aromatic hydroxyl groups is 1. The molecule has 0 aromatic heterocycles. The molecule has 3 rings (SSSR count).